The molecule has 158 valence electrons. The third-order valence-electron chi connectivity index (χ3n) is 4.56. The van der Waals surface area contributed by atoms with Crippen LogP contribution in [0.2, 0.25) is 5.02 Å². The summed E-state index contributed by atoms with van der Waals surface area (Å²) in [5, 5.41) is 5.18. The number of sulfonamides is 1. The first kappa shape index (κ1) is 21.9. The number of nitrogens with one attached hydrogen (secondary N) is 1. The fraction of sp³-hybridized carbons (Fsp3) is 0.227. The molecule has 0 saturated heterocycles. The first-order valence-electron chi connectivity index (χ1n) is 9.40. The van der Waals surface area contributed by atoms with Crippen LogP contribution in [-0.2, 0) is 14.8 Å². The van der Waals surface area contributed by atoms with Gasteiger partial charge in [-0.1, -0.05) is 54.1 Å². The van der Waals surface area contributed by atoms with Crippen LogP contribution < -0.4 is 14.4 Å². The Bertz CT molecular complexity index is 1150. The molecule has 0 aliphatic carbocycles. The summed E-state index contributed by atoms with van der Waals surface area (Å²) >= 11 is 5.99. The van der Waals surface area contributed by atoms with Crippen molar-refractivity contribution in [2.45, 2.75) is 13.0 Å². The maximum Gasteiger partial charge on any atom is 0.243 e. The van der Waals surface area contributed by atoms with Gasteiger partial charge >= 0.3 is 0 Å². The maximum absolute atomic E-state index is 12.6. The molecular weight excluding hydrogens is 424 g/mol. The summed E-state index contributed by atoms with van der Waals surface area (Å²) in [6.45, 7) is 2.02. The lowest BCUT2D eigenvalue weighted by atomic mass is 10.1. The van der Waals surface area contributed by atoms with E-state index in [0.717, 1.165) is 27.1 Å². The molecule has 0 heterocycles. The number of nitrogens with zero attached hydrogens (tertiary/aromatic N) is 1. The van der Waals surface area contributed by atoms with E-state index in [1.54, 1.807) is 18.2 Å². The third kappa shape index (κ3) is 5.23. The van der Waals surface area contributed by atoms with E-state index in [1.807, 2.05) is 42.5 Å². The number of carbonyl (C=O) groups is 1. The topological polar surface area (TPSA) is 75.7 Å². The first-order valence-corrected chi connectivity index (χ1v) is 11.6. The van der Waals surface area contributed by atoms with Gasteiger partial charge in [-0.2, -0.15) is 0 Å². The van der Waals surface area contributed by atoms with Gasteiger partial charge in [-0.15, -0.1) is 0 Å². The number of ether oxygens (including phenoxy) is 1. The highest BCUT2D eigenvalue weighted by molar-refractivity contribution is 7.92. The zero-order chi connectivity index (χ0) is 21.7. The van der Waals surface area contributed by atoms with Crippen LogP contribution in [0.4, 0.5) is 5.69 Å². The molecular formula is C22H23ClN2O4S. The maximum atomic E-state index is 12.6. The lowest BCUT2D eigenvalue weighted by Crippen LogP contribution is -2.48. The van der Waals surface area contributed by atoms with Crippen molar-refractivity contribution in [3.63, 3.8) is 0 Å². The number of carbonyl (C=O) groups excluding carboxylic acids is 1. The number of hydrogen-bond donors (Lipinski definition) is 1. The summed E-state index contributed by atoms with van der Waals surface area (Å²) in [6, 6.07) is 19.1. The van der Waals surface area contributed by atoms with E-state index >= 15 is 0 Å². The summed E-state index contributed by atoms with van der Waals surface area (Å²) < 4.78 is 31.5. The molecule has 0 fully saturated rings. The minimum absolute atomic E-state index is 0.236. The normalized spacial score (nSPS) is 12.4. The Morgan fingerprint density at radius 1 is 1.10 bits per heavy atom. The highest BCUT2D eigenvalue weighted by Crippen LogP contribution is 2.25. The fourth-order valence-electron chi connectivity index (χ4n) is 3.23. The molecule has 3 rings (SSSR count). The van der Waals surface area contributed by atoms with Crippen molar-refractivity contribution < 1.29 is 17.9 Å². The first-order chi connectivity index (χ1) is 14.3. The van der Waals surface area contributed by atoms with Crippen molar-refractivity contribution in [3.05, 3.63) is 71.8 Å². The second-order valence-corrected chi connectivity index (χ2v) is 9.13. The number of fused-ring (bicyclic) bond motifs is 1. The Hall–Kier alpha value is -2.77. The van der Waals surface area contributed by atoms with Gasteiger partial charge in [-0.05, 0) is 36.6 Å². The number of hydrogen-bond acceptors (Lipinski definition) is 4. The molecule has 0 aliphatic heterocycles. The van der Waals surface area contributed by atoms with E-state index in [2.05, 4.69) is 5.32 Å². The van der Waals surface area contributed by atoms with Gasteiger partial charge in [0.05, 0.1) is 18.5 Å². The molecule has 6 nitrogen and oxygen atoms in total. The van der Waals surface area contributed by atoms with E-state index in [0.29, 0.717) is 10.7 Å². The number of rotatable bonds is 8. The van der Waals surface area contributed by atoms with E-state index < -0.39 is 22.0 Å². The lowest BCUT2D eigenvalue weighted by Gasteiger charge is -2.28. The molecule has 0 radical (unpaired) electrons. The molecule has 0 spiro atoms. The summed E-state index contributed by atoms with van der Waals surface area (Å²) in [7, 11) is -3.69. The number of halogens is 1. The predicted molar refractivity (Wildman–Crippen MR) is 121 cm³/mol. The van der Waals surface area contributed by atoms with Crippen LogP contribution in [0.5, 0.6) is 5.75 Å². The van der Waals surface area contributed by atoms with Crippen molar-refractivity contribution in [1.29, 1.82) is 0 Å². The second kappa shape index (κ2) is 9.36. The molecule has 30 heavy (non-hydrogen) atoms. The molecule has 1 atom stereocenters. The van der Waals surface area contributed by atoms with Crippen LogP contribution in [0, 0.1) is 0 Å². The highest BCUT2D eigenvalue weighted by atomic mass is 35.5. The van der Waals surface area contributed by atoms with Gasteiger partial charge < -0.3 is 10.1 Å². The Labute approximate surface area is 181 Å². The van der Waals surface area contributed by atoms with Gasteiger partial charge in [0.2, 0.25) is 15.9 Å². The number of amides is 1. The van der Waals surface area contributed by atoms with Crippen molar-refractivity contribution >= 4 is 44.0 Å². The van der Waals surface area contributed by atoms with Crippen LogP contribution in [0.25, 0.3) is 10.8 Å². The van der Waals surface area contributed by atoms with Crippen LogP contribution in [0.1, 0.15) is 6.92 Å². The molecule has 0 aromatic heterocycles. The minimum Gasteiger partial charge on any atom is -0.491 e. The average molecular weight is 447 g/mol. The quantitative estimate of drug-likeness (QED) is 0.533. The average Bonchev–Trinajstić information content (AvgIpc) is 2.70. The van der Waals surface area contributed by atoms with Gasteiger partial charge in [-0.25, -0.2) is 8.42 Å². The van der Waals surface area contributed by atoms with Gasteiger partial charge in [-0.3, -0.25) is 9.10 Å². The molecule has 8 heteroatoms. The third-order valence-corrected chi connectivity index (χ3v) is 6.04. The summed E-state index contributed by atoms with van der Waals surface area (Å²) in [6.07, 6.45) is 1.06. The van der Waals surface area contributed by atoms with Crippen molar-refractivity contribution in [2.24, 2.45) is 0 Å². The standard InChI is InChI=1S/C22H23ClN2O4S/c1-16(25(30(2,27)28)19-10-6-9-18(23)15-19)22(26)24-13-14-29-21-12-5-8-17-7-3-4-11-20(17)21/h3-12,15-16H,13-14H2,1-2H3,(H,24,26)/t16-/m0/s1. The van der Waals surface area contributed by atoms with Crippen LogP contribution in [-0.4, -0.2) is 39.8 Å². The highest BCUT2D eigenvalue weighted by Gasteiger charge is 2.29. The molecule has 0 aliphatic rings. The van der Waals surface area contributed by atoms with E-state index in [-0.39, 0.29) is 13.2 Å². The van der Waals surface area contributed by atoms with E-state index in [4.69, 9.17) is 16.3 Å². The zero-order valence-corrected chi connectivity index (χ0v) is 18.3. The summed E-state index contributed by atoms with van der Waals surface area (Å²) in [5.41, 5.74) is 0.333. The van der Waals surface area contributed by atoms with Crippen molar-refractivity contribution in [1.82, 2.24) is 5.32 Å². The zero-order valence-electron chi connectivity index (χ0n) is 16.7. The minimum atomic E-state index is -3.69. The molecule has 0 bridgehead atoms. The Morgan fingerprint density at radius 2 is 1.80 bits per heavy atom. The number of benzene rings is 3. The van der Waals surface area contributed by atoms with Gasteiger partial charge in [0.25, 0.3) is 0 Å². The van der Waals surface area contributed by atoms with Crippen LogP contribution >= 0.6 is 11.6 Å². The van der Waals surface area contributed by atoms with Gasteiger partial charge in [0.1, 0.15) is 18.4 Å². The Balaban J connectivity index is 1.63. The molecule has 3 aromatic carbocycles. The Morgan fingerprint density at radius 3 is 2.53 bits per heavy atom. The smallest absolute Gasteiger partial charge is 0.243 e. The van der Waals surface area contributed by atoms with Gasteiger partial charge in [0.15, 0.2) is 0 Å². The lowest BCUT2D eigenvalue weighted by molar-refractivity contribution is -0.121. The predicted octanol–water partition coefficient (Wildman–Crippen LogP) is 3.84. The molecule has 1 amide bonds. The van der Waals surface area contributed by atoms with Crippen LogP contribution in [0.3, 0.4) is 0 Å². The monoisotopic (exact) mass is 446 g/mol. The molecule has 1 N–H and O–H groups in total. The van der Waals surface area contributed by atoms with E-state index in [9.17, 15) is 13.2 Å². The SMILES string of the molecule is C[C@@H](C(=O)NCCOc1cccc2ccccc12)N(c1cccc(Cl)c1)S(C)(=O)=O. The van der Waals surface area contributed by atoms with Gasteiger partial charge in [0, 0.05) is 10.4 Å². The van der Waals surface area contributed by atoms with Crippen molar-refractivity contribution in [3.8, 4) is 5.75 Å². The Kier molecular flexibility index (Phi) is 6.84. The summed E-state index contributed by atoms with van der Waals surface area (Å²) in [4.78, 5) is 12.6. The van der Waals surface area contributed by atoms with E-state index in [1.165, 1.54) is 13.0 Å². The van der Waals surface area contributed by atoms with Crippen LogP contribution in [0.15, 0.2) is 66.7 Å². The molecule has 0 unspecified atom stereocenters. The number of anilines is 1. The fourth-order valence-corrected chi connectivity index (χ4v) is 4.58. The van der Waals surface area contributed by atoms with Crippen molar-refractivity contribution in [2.75, 3.05) is 23.7 Å². The molecule has 3 aromatic rings. The largest absolute Gasteiger partial charge is 0.491 e. The second-order valence-electron chi connectivity index (χ2n) is 6.83. The summed E-state index contributed by atoms with van der Waals surface area (Å²) in [5.74, 6) is 0.300. The molecule has 0 saturated carbocycles.